The molecule has 0 aromatic heterocycles. The summed E-state index contributed by atoms with van der Waals surface area (Å²) in [5, 5.41) is 3.36. The van der Waals surface area contributed by atoms with E-state index in [1.807, 2.05) is 13.8 Å². The molecule has 1 fully saturated rings. The van der Waals surface area contributed by atoms with Crippen molar-refractivity contribution in [3.8, 4) is 0 Å². The molecule has 0 atom stereocenters. The second-order valence-electron chi connectivity index (χ2n) is 3.39. The van der Waals surface area contributed by atoms with Crippen molar-refractivity contribution in [2.75, 3.05) is 26.2 Å². The van der Waals surface area contributed by atoms with Gasteiger partial charge in [0.05, 0.1) is 0 Å². The molecule has 15 heavy (non-hydrogen) atoms. The van der Waals surface area contributed by atoms with Gasteiger partial charge in [-0.1, -0.05) is 32.1 Å². The second-order valence-corrected chi connectivity index (χ2v) is 3.39. The highest BCUT2D eigenvalue weighted by Gasteiger charge is 2.10. The van der Waals surface area contributed by atoms with Gasteiger partial charge < -0.3 is 10.2 Å². The number of nitrogens with zero attached hydrogens (tertiary/aromatic N) is 1. The van der Waals surface area contributed by atoms with Gasteiger partial charge in [0.15, 0.2) is 0 Å². The van der Waals surface area contributed by atoms with Gasteiger partial charge in [-0.25, -0.2) is 0 Å². The monoisotopic (exact) mass is 206 g/mol. The predicted molar refractivity (Wildman–Crippen MR) is 66.8 cm³/mol. The van der Waals surface area contributed by atoms with Crippen molar-refractivity contribution in [2.24, 2.45) is 0 Å². The minimum Gasteiger partial charge on any atom is -0.369 e. The molecule has 0 unspecified atom stereocenters. The molecule has 1 saturated heterocycles. The fourth-order valence-corrected chi connectivity index (χ4v) is 1.70. The van der Waals surface area contributed by atoms with Gasteiger partial charge in [-0.2, -0.15) is 0 Å². The molecule has 1 aliphatic heterocycles. The molecule has 1 N–H and O–H groups in total. The Kier molecular flexibility index (Phi) is 5.86. The van der Waals surface area contributed by atoms with Crippen LogP contribution in [-0.2, 0) is 0 Å². The molecule has 0 amide bonds. The van der Waals surface area contributed by atoms with Crippen molar-refractivity contribution in [2.45, 2.75) is 20.3 Å². The van der Waals surface area contributed by atoms with Gasteiger partial charge in [0.2, 0.25) is 0 Å². The average Bonchev–Trinajstić information content (AvgIpc) is 2.61. The summed E-state index contributed by atoms with van der Waals surface area (Å²) < 4.78 is 0. The molecule has 0 spiro atoms. The van der Waals surface area contributed by atoms with Crippen molar-refractivity contribution >= 4 is 0 Å². The maximum Gasteiger partial charge on any atom is 0.0363 e. The van der Waals surface area contributed by atoms with E-state index >= 15 is 0 Å². The van der Waals surface area contributed by atoms with Crippen LogP contribution in [0.2, 0.25) is 0 Å². The fraction of sp³-hybridized carbons (Fsp3) is 0.538. The summed E-state index contributed by atoms with van der Waals surface area (Å²) >= 11 is 0. The Balaban J connectivity index is 0.000000531. The highest BCUT2D eigenvalue weighted by Crippen LogP contribution is 2.10. The first-order valence-electron chi connectivity index (χ1n) is 5.96. The van der Waals surface area contributed by atoms with Gasteiger partial charge in [0, 0.05) is 31.9 Å². The van der Waals surface area contributed by atoms with E-state index < -0.39 is 0 Å². The van der Waals surface area contributed by atoms with Gasteiger partial charge in [0.1, 0.15) is 0 Å². The van der Waals surface area contributed by atoms with E-state index in [4.69, 9.17) is 0 Å². The number of piperazine rings is 1. The van der Waals surface area contributed by atoms with Gasteiger partial charge >= 0.3 is 0 Å². The molecule has 2 heteroatoms. The third-order valence-corrected chi connectivity index (χ3v) is 2.45. The highest BCUT2D eigenvalue weighted by molar-refractivity contribution is 5.26. The minimum atomic E-state index is 1.06. The van der Waals surface area contributed by atoms with Crippen LogP contribution < -0.4 is 5.32 Å². The number of allylic oxidation sites excluding steroid dienone is 5. The van der Waals surface area contributed by atoms with E-state index in [-0.39, 0.29) is 0 Å². The molecule has 0 aromatic carbocycles. The van der Waals surface area contributed by atoms with Crippen molar-refractivity contribution in [3.63, 3.8) is 0 Å². The summed E-state index contributed by atoms with van der Waals surface area (Å²) in [6.45, 7) is 8.47. The van der Waals surface area contributed by atoms with E-state index in [0.29, 0.717) is 0 Å². The van der Waals surface area contributed by atoms with E-state index in [1.54, 1.807) is 0 Å². The number of hydrogen-bond acceptors (Lipinski definition) is 2. The van der Waals surface area contributed by atoms with Gasteiger partial charge in [-0.05, 0) is 18.6 Å². The van der Waals surface area contributed by atoms with E-state index in [1.165, 1.54) is 5.70 Å². The molecular weight excluding hydrogens is 184 g/mol. The lowest BCUT2D eigenvalue weighted by Crippen LogP contribution is -2.42. The molecule has 2 rings (SSSR count). The predicted octanol–water partition coefficient (Wildman–Crippen LogP) is 2.32. The first-order valence-corrected chi connectivity index (χ1v) is 5.96. The van der Waals surface area contributed by atoms with Crippen molar-refractivity contribution in [3.05, 3.63) is 36.1 Å². The summed E-state index contributed by atoms with van der Waals surface area (Å²) in [7, 11) is 0. The quantitative estimate of drug-likeness (QED) is 0.708. The average molecular weight is 206 g/mol. The number of rotatable bonds is 1. The molecule has 0 radical (unpaired) electrons. The second kappa shape index (κ2) is 7.30. The van der Waals surface area contributed by atoms with Crippen LogP contribution in [0.4, 0.5) is 0 Å². The Labute approximate surface area is 93.4 Å². The van der Waals surface area contributed by atoms with Crippen molar-refractivity contribution in [1.29, 1.82) is 0 Å². The summed E-state index contributed by atoms with van der Waals surface area (Å²) in [6, 6.07) is 0. The van der Waals surface area contributed by atoms with E-state index in [9.17, 15) is 0 Å². The van der Waals surface area contributed by atoms with Crippen LogP contribution in [0.5, 0.6) is 0 Å². The highest BCUT2D eigenvalue weighted by atomic mass is 15.2. The van der Waals surface area contributed by atoms with Crippen LogP contribution >= 0.6 is 0 Å². The smallest absolute Gasteiger partial charge is 0.0363 e. The number of hydrogen-bond donors (Lipinski definition) is 1. The molecule has 0 bridgehead atoms. The lowest BCUT2D eigenvalue weighted by molar-refractivity contribution is 0.307. The number of nitrogens with one attached hydrogen (secondary N) is 1. The SMILES string of the molecule is C1=CCC=CC(N2CCNCC2)=C1.CC. The molecule has 0 saturated carbocycles. The molecular formula is C13H22N2. The maximum absolute atomic E-state index is 3.36. The van der Waals surface area contributed by atoms with Crippen LogP contribution in [0.3, 0.4) is 0 Å². The Hall–Kier alpha value is -1.02. The van der Waals surface area contributed by atoms with Gasteiger partial charge in [0.25, 0.3) is 0 Å². The van der Waals surface area contributed by atoms with E-state index in [0.717, 1.165) is 32.6 Å². The molecule has 1 heterocycles. The standard InChI is InChI=1S/C11H16N2.C2H6/c1-2-4-6-11(5-3-1)13-9-7-12-8-10-13;1-2/h1,3-6,12H,2,7-10H2;1-2H3. The van der Waals surface area contributed by atoms with Crippen LogP contribution in [0.15, 0.2) is 36.1 Å². The van der Waals surface area contributed by atoms with E-state index in [2.05, 4.69) is 40.6 Å². The lowest BCUT2D eigenvalue weighted by Gasteiger charge is -2.30. The summed E-state index contributed by atoms with van der Waals surface area (Å²) in [4.78, 5) is 2.43. The minimum absolute atomic E-state index is 1.06. The van der Waals surface area contributed by atoms with Crippen molar-refractivity contribution in [1.82, 2.24) is 10.2 Å². The normalized spacial score (nSPS) is 20.1. The summed E-state index contributed by atoms with van der Waals surface area (Å²) in [5.74, 6) is 0. The Bertz CT molecular complexity index is 245. The zero-order valence-electron chi connectivity index (χ0n) is 9.87. The Morgan fingerprint density at radius 3 is 2.60 bits per heavy atom. The van der Waals surface area contributed by atoms with Gasteiger partial charge in [-0.3, -0.25) is 0 Å². The zero-order valence-corrected chi connectivity index (χ0v) is 9.87. The zero-order chi connectivity index (χ0) is 10.9. The van der Waals surface area contributed by atoms with Crippen LogP contribution in [0.25, 0.3) is 0 Å². The fourth-order valence-electron chi connectivity index (χ4n) is 1.70. The molecule has 2 aliphatic rings. The molecule has 0 aromatic rings. The first kappa shape index (κ1) is 12.1. The molecule has 84 valence electrons. The third-order valence-electron chi connectivity index (χ3n) is 2.45. The molecule has 2 nitrogen and oxygen atoms in total. The lowest BCUT2D eigenvalue weighted by atomic mass is 10.2. The largest absolute Gasteiger partial charge is 0.369 e. The Morgan fingerprint density at radius 1 is 1.13 bits per heavy atom. The van der Waals surface area contributed by atoms with Crippen molar-refractivity contribution < 1.29 is 0 Å². The first-order chi connectivity index (χ1) is 7.47. The van der Waals surface area contributed by atoms with Gasteiger partial charge in [-0.15, -0.1) is 0 Å². The van der Waals surface area contributed by atoms with Crippen LogP contribution in [-0.4, -0.2) is 31.1 Å². The molecule has 1 aliphatic carbocycles. The van der Waals surface area contributed by atoms with Crippen LogP contribution in [0, 0.1) is 0 Å². The third kappa shape index (κ3) is 3.92. The summed E-state index contributed by atoms with van der Waals surface area (Å²) in [6.07, 6.45) is 12.0. The van der Waals surface area contributed by atoms with Crippen LogP contribution in [0.1, 0.15) is 20.3 Å². The summed E-state index contributed by atoms with van der Waals surface area (Å²) in [5.41, 5.74) is 1.36. The Morgan fingerprint density at radius 2 is 1.87 bits per heavy atom. The maximum atomic E-state index is 3.36. The topological polar surface area (TPSA) is 15.3 Å².